The van der Waals surface area contributed by atoms with Crippen LogP contribution in [0.25, 0.3) is 0 Å². The first-order chi connectivity index (χ1) is 11.7. The van der Waals surface area contributed by atoms with E-state index in [1.807, 2.05) is 83.1 Å². The van der Waals surface area contributed by atoms with Gasteiger partial charge in [0.2, 0.25) is 0 Å². The number of benzene rings is 2. The van der Waals surface area contributed by atoms with Crippen LogP contribution in [0.4, 0.5) is 0 Å². The van der Waals surface area contributed by atoms with Gasteiger partial charge in [-0.3, -0.25) is 0 Å². The fourth-order valence-electron chi connectivity index (χ4n) is 2.56. The van der Waals surface area contributed by atoms with Crippen LogP contribution in [0.3, 0.4) is 0 Å². The Morgan fingerprint density at radius 3 is 1.67 bits per heavy atom. The fourth-order valence-corrected chi connectivity index (χ4v) is 2.56. The van der Waals surface area contributed by atoms with Gasteiger partial charge in [0.05, 0.1) is 12.0 Å². The summed E-state index contributed by atoms with van der Waals surface area (Å²) in [4.78, 5) is 0. The van der Waals surface area contributed by atoms with E-state index in [0.29, 0.717) is 0 Å². The number of nitriles is 1. The van der Waals surface area contributed by atoms with E-state index in [2.05, 4.69) is 24.8 Å². The van der Waals surface area contributed by atoms with Crippen LogP contribution in [-0.2, 0) is 0 Å². The van der Waals surface area contributed by atoms with Gasteiger partial charge in [-0.25, -0.2) is 0 Å². The molecule has 2 atom stereocenters. The molecule has 0 aromatic heterocycles. The highest BCUT2D eigenvalue weighted by molar-refractivity contribution is 5.34. The van der Waals surface area contributed by atoms with E-state index in [1.165, 1.54) is 5.56 Å². The maximum Gasteiger partial charge on any atom is 0.0784 e. The summed E-state index contributed by atoms with van der Waals surface area (Å²) >= 11 is 0. The van der Waals surface area contributed by atoms with E-state index < -0.39 is 0 Å². The molecule has 0 radical (unpaired) electrons. The van der Waals surface area contributed by atoms with Crippen molar-refractivity contribution in [1.82, 2.24) is 0 Å². The Hall–Kier alpha value is -2.33. The van der Waals surface area contributed by atoms with Crippen molar-refractivity contribution in [2.45, 2.75) is 52.9 Å². The van der Waals surface area contributed by atoms with E-state index in [4.69, 9.17) is 0 Å². The first kappa shape index (κ1) is 21.7. The molecule has 2 unspecified atom stereocenters. The van der Waals surface area contributed by atoms with Gasteiger partial charge in [-0.05, 0) is 24.5 Å². The first-order valence-electron chi connectivity index (χ1n) is 8.86. The summed E-state index contributed by atoms with van der Waals surface area (Å²) in [6.07, 6.45) is 0.830. The molecule has 2 rings (SSSR count). The Morgan fingerprint density at radius 2 is 1.29 bits per heavy atom. The minimum atomic E-state index is -0.143. The van der Waals surface area contributed by atoms with Gasteiger partial charge in [0.25, 0.3) is 0 Å². The molecule has 2 aromatic carbocycles. The van der Waals surface area contributed by atoms with Crippen LogP contribution >= 0.6 is 0 Å². The minimum Gasteiger partial charge on any atom is -0.198 e. The summed E-state index contributed by atoms with van der Waals surface area (Å²) in [5.74, 6) is 0.0106. The Kier molecular flexibility index (Phi) is 11.9. The zero-order chi connectivity index (χ0) is 18.4. The molecule has 1 nitrogen and oxygen atoms in total. The minimum absolute atomic E-state index is 0.143. The molecule has 2 aromatic rings. The normalized spacial score (nSPS) is 11.5. The Morgan fingerprint density at radius 1 is 0.875 bits per heavy atom. The molecule has 0 saturated heterocycles. The van der Waals surface area contributed by atoms with Crippen LogP contribution in [0, 0.1) is 11.3 Å². The topological polar surface area (TPSA) is 23.8 Å². The highest BCUT2D eigenvalue weighted by Crippen LogP contribution is 2.36. The van der Waals surface area contributed by atoms with Crippen LogP contribution in [-0.4, -0.2) is 0 Å². The molecule has 0 aliphatic heterocycles. The van der Waals surface area contributed by atoms with Crippen molar-refractivity contribution >= 4 is 0 Å². The van der Waals surface area contributed by atoms with Crippen LogP contribution in [0.1, 0.15) is 64.0 Å². The number of allylic oxidation sites excluding steroid dienone is 1. The maximum atomic E-state index is 9.64. The predicted octanol–water partition coefficient (Wildman–Crippen LogP) is 7.10. The van der Waals surface area contributed by atoms with Gasteiger partial charge in [-0.1, -0.05) is 93.9 Å². The van der Waals surface area contributed by atoms with Gasteiger partial charge in [-0.15, -0.1) is 6.58 Å². The van der Waals surface area contributed by atoms with Gasteiger partial charge < -0.3 is 0 Å². The van der Waals surface area contributed by atoms with E-state index in [0.717, 1.165) is 17.6 Å². The third-order valence-corrected chi connectivity index (χ3v) is 3.50. The smallest absolute Gasteiger partial charge is 0.0784 e. The summed E-state index contributed by atoms with van der Waals surface area (Å²) < 4.78 is 0. The zero-order valence-corrected chi connectivity index (χ0v) is 15.8. The van der Waals surface area contributed by atoms with Crippen LogP contribution in [0.15, 0.2) is 72.8 Å². The average Bonchev–Trinajstić information content (AvgIpc) is 2.66. The van der Waals surface area contributed by atoms with Crippen molar-refractivity contribution in [2.75, 3.05) is 0 Å². The molecule has 0 N–H and O–H groups in total. The molecule has 0 aliphatic carbocycles. The number of nitrogens with zero attached hydrogens (tertiary/aromatic N) is 1. The Bertz CT molecular complexity index is 593. The Balaban J connectivity index is 0.00000123. The number of rotatable bonds is 5. The summed E-state index contributed by atoms with van der Waals surface area (Å²) in [6, 6.07) is 22.8. The molecule has 0 heterocycles. The highest BCUT2D eigenvalue weighted by atomic mass is 14.3. The second-order valence-electron chi connectivity index (χ2n) is 5.20. The summed E-state index contributed by atoms with van der Waals surface area (Å²) in [5, 5.41) is 9.64. The zero-order valence-electron chi connectivity index (χ0n) is 15.8. The molecule has 128 valence electrons. The fraction of sp³-hybridized carbons (Fsp3) is 0.348. The lowest BCUT2D eigenvalue weighted by Gasteiger charge is -2.23. The van der Waals surface area contributed by atoms with Crippen molar-refractivity contribution in [2.24, 2.45) is 0 Å². The number of hydrogen-bond donors (Lipinski definition) is 0. The van der Waals surface area contributed by atoms with Crippen molar-refractivity contribution < 1.29 is 0 Å². The lowest BCUT2D eigenvalue weighted by atomic mass is 9.79. The molecule has 0 fully saturated rings. The van der Waals surface area contributed by atoms with E-state index in [1.54, 1.807) is 0 Å². The van der Waals surface area contributed by atoms with Crippen molar-refractivity contribution in [1.29, 1.82) is 5.26 Å². The largest absolute Gasteiger partial charge is 0.198 e. The second-order valence-corrected chi connectivity index (χ2v) is 5.20. The first-order valence-corrected chi connectivity index (χ1v) is 8.86. The van der Waals surface area contributed by atoms with Gasteiger partial charge >= 0.3 is 0 Å². The monoisotopic (exact) mass is 321 g/mol. The van der Waals surface area contributed by atoms with Gasteiger partial charge in [0.1, 0.15) is 0 Å². The third-order valence-electron chi connectivity index (χ3n) is 3.50. The molecular formula is C23H31N. The van der Waals surface area contributed by atoms with Crippen LogP contribution < -0.4 is 0 Å². The highest BCUT2D eigenvalue weighted by Gasteiger charge is 2.24. The standard InChI is InChI=1S/C19H19N.2C2H6/c1-15(2)13-18(16-9-5-3-6-10-16)19(14-20)17-11-7-4-8-12-17;2*1-2/h3-12,18-19H,1,13H2,2H3;2*1-2H3. The quantitative estimate of drug-likeness (QED) is 0.539. The molecule has 0 amide bonds. The van der Waals surface area contributed by atoms with Crippen LogP contribution in [0.5, 0.6) is 0 Å². The molecule has 1 heteroatoms. The van der Waals surface area contributed by atoms with Gasteiger partial charge in [0, 0.05) is 5.92 Å². The summed E-state index contributed by atoms with van der Waals surface area (Å²) in [5.41, 5.74) is 3.38. The van der Waals surface area contributed by atoms with E-state index in [-0.39, 0.29) is 11.8 Å². The van der Waals surface area contributed by atoms with Gasteiger partial charge in [0.15, 0.2) is 0 Å². The molecule has 0 saturated carbocycles. The van der Waals surface area contributed by atoms with Crippen molar-refractivity contribution in [3.63, 3.8) is 0 Å². The lowest BCUT2D eigenvalue weighted by molar-refractivity contribution is 0.621. The van der Waals surface area contributed by atoms with E-state index in [9.17, 15) is 5.26 Å². The SMILES string of the molecule is C=C(C)CC(c1ccccc1)C(C#N)c1ccccc1.CC.CC. The summed E-state index contributed by atoms with van der Waals surface area (Å²) in [6.45, 7) is 14.0. The average molecular weight is 322 g/mol. The van der Waals surface area contributed by atoms with Gasteiger partial charge in [-0.2, -0.15) is 5.26 Å². The summed E-state index contributed by atoms with van der Waals surface area (Å²) in [7, 11) is 0. The number of hydrogen-bond acceptors (Lipinski definition) is 1. The second kappa shape index (κ2) is 13.1. The van der Waals surface area contributed by atoms with E-state index >= 15 is 0 Å². The maximum absolute atomic E-state index is 9.64. The molecule has 24 heavy (non-hydrogen) atoms. The molecule has 0 aliphatic rings. The van der Waals surface area contributed by atoms with Crippen molar-refractivity contribution in [3.8, 4) is 6.07 Å². The Labute approximate surface area is 148 Å². The molecule has 0 bridgehead atoms. The molecule has 0 spiro atoms. The lowest BCUT2D eigenvalue weighted by Crippen LogP contribution is -2.10. The third kappa shape index (κ3) is 6.84. The predicted molar refractivity (Wildman–Crippen MR) is 106 cm³/mol. The van der Waals surface area contributed by atoms with Crippen LogP contribution in [0.2, 0.25) is 0 Å². The molecular weight excluding hydrogens is 290 g/mol. The van der Waals surface area contributed by atoms with Crippen molar-refractivity contribution in [3.05, 3.63) is 83.9 Å².